The molecule has 1 N–H and O–H groups in total. The Bertz CT molecular complexity index is 1170. The van der Waals surface area contributed by atoms with Gasteiger partial charge in [-0.3, -0.25) is 4.79 Å². The van der Waals surface area contributed by atoms with E-state index in [9.17, 15) is 4.79 Å². The first-order valence-corrected chi connectivity index (χ1v) is 10.8. The first-order valence-electron chi connectivity index (χ1n) is 9.94. The van der Waals surface area contributed by atoms with E-state index in [0.717, 1.165) is 27.9 Å². The Labute approximate surface area is 186 Å². The fraction of sp³-hybridized carbons (Fsp3) is 0.115. The van der Waals surface area contributed by atoms with Gasteiger partial charge in [0.2, 0.25) is 0 Å². The van der Waals surface area contributed by atoms with Gasteiger partial charge in [-0.15, -0.1) is 11.3 Å². The summed E-state index contributed by atoms with van der Waals surface area (Å²) in [6, 6.07) is 25.7. The molecule has 1 amide bonds. The van der Waals surface area contributed by atoms with E-state index in [1.54, 1.807) is 7.11 Å². The number of nitrogens with one attached hydrogen (secondary N) is 1. The minimum absolute atomic E-state index is 0.128. The van der Waals surface area contributed by atoms with E-state index in [1.807, 2.05) is 79.0 Å². The van der Waals surface area contributed by atoms with Crippen LogP contribution in [0.15, 0.2) is 84.2 Å². The van der Waals surface area contributed by atoms with Crippen LogP contribution >= 0.6 is 11.3 Å². The monoisotopic (exact) mass is 429 g/mol. The number of carbonyl (C=O) groups excluding carboxylic acids is 1. The van der Waals surface area contributed by atoms with Crippen molar-refractivity contribution in [1.29, 1.82) is 0 Å². The molecule has 156 valence electrons. The van der Waals surface area contributed by atoms with Crippen LogP contribution in [0.2, 0.25) is 0 Å². The predicted octanol–water partition coefficient (Wildman–Crippen LogP) is 6.56. The molecule has 5 heteroatoms. The number of carbonyl (C=O) groups is 1. The minimum Gasteiger partial charge on any atom is -0.493 e. The highest BCUT2D eigenvalue weighted by molar-refractivity contribution is 7.12. The van der Waals surface area contributed by atoms with Crippen molar-refractivity contribution >= 4 is 22.9 Å². The predicted molar refractivity (Wildman–Crippen MR) is 126 cm³/mol. The zero-order valence-corrected chi connectivity index (χ0v) is 18.2. The topological polar surface area (TPSA) is 47.6 Å². The zero-order valence-electron chi connectivity index (χ0n) is 17.4. The number of amides is 1. The molecule has 0 unspecified atom stereocenters. The Morgan fingerprint density at radius 2 is 1.65 bits per heavy atom. The lowest BCUT2D eigenvalue weighted by molar-refractivity contribution is 0.103. The minimum atomic E-state index is -0.128. The number of aryl methyl sites for hydroxylation is 1. The third-order valence-corrected chi connectivity index (χ3v) is 5.82. The van der Waals surface area contributed by atoms with Crippen molar-refractivity contribution in [3.8, 4) is 22.6 Å². The van der Waals surface area contributed by atoms with Gasteiger partial charge in [-0.1, -0.05) is 48.5 Å². The number of benzene rings is 3. The Hall–Kier alpha value is -3.57. The molecule has 4 nitrogen and oxygen atoms in total. The fourth-order valence-electron chi connectivity index (χ4n) is 3.19. The molecule has 0 aliphatic heterocycles. The molecule has 0 saturated carbocycles. The molecule has 0 radical (unpaired) electrons. The zero-order chi connectivity index (χ0) is 21.6. The number of anilines is 1. The lowest BCUT2D eigenvalue weighted by Gasteiger charge is -2.10. The number of ether oxygens (including phenoxy) is 2. The number of thiophene rings is 1. The first-order chi connectivity index (χ1) is 15.1. The van der Waals surface area contributed by atoms with Crippen molar-refractivity contribution in [1.82, 2.24) is 0 Å². The van der Waals surface area contributed by atoms with E-state index < -0.39 is 0 Å². The molecule has 0 spiro atoms. The van der Waals surface area contributed by atoms with Gasteiger partial charge in [0.05, 0.1) is 12.0 Å². The van der Waals surface area contributed by atoms with Crippen LogP contribution in [0.1, 0.15) is 20.8 Å². The molecule has 1 heterocycles. The summed E-state index contributed by atoms with van der Waals surface area (Å²) in [4.78, 5) is 13.3. The molecule has 31 heavy (non-hydrogen) atoms. The van der Waals surface area contributed by atoms with Gasteiger partial charge in [0.1, 0.15) is 6.61 Å². The Kier molecular flexibility index (Phi) is 6.34. The summed E-state index contributed by atoms with van der Waals surface area (Å²) in [6.45, 7) is 2.38. The Morgan fingerprint density at radius 1 is 0.903 bits per heavy atom. The van der Waals surface area contributed by atoms with E-state index in [1.165, 1.54) is 11.3 Å². The molecule has 4 aromatic rings. The molecule has 0 atom stereocenters. The summed E-state index contributed by atoms with van der Waals surface area (Å²) < 4.78 is 11.3. The molecular formula is C26H23NO3S. The average Bonchev–Trinajstić information content (AvgIpc) is 3.28. The molecule has 0 aliphatic carbocycles. The van der Waals surface area contributed by atoms with Gasteiger partial charge in [-0.2, -0.15) is 0 Å². The van der Waals surface area contributed by atoms with Gasteiger partial charge in [-0.25, -0.2) is 0 Å². The fourth-order valence-corrected chi connectivity index (χ4v) is 3.99. The number of rotatable bonds is 7. The first kappa shape index (κ1) is 20.7. The van der Waals surface area contributed by atoms with Crippen molar-refractivity contribution in [3.05, 3.63) is 100 Å². The van der Waals surface area contributed by atoms with Crippen LogP contribution < -0.4 is 14.8 Å². The largest absolute Gasteiger partial charge is 0.493 e. The van der Waals surface area contributed by atoms with Crippen molar-refractivity contribution in [2.24, 2.45) is 0 Å². The van der Waals surface area contributed by atoms with E-state index in [-0.39, 0.29) is 5.91 Å². The van der Waals surface area contributed by atoms with Gasteiger partial charge < -0.3 is 14.8 Å². The summed E-state index contributed by atoms with van der Waals surface area (Å²) in [5.41, 5.74) is 5.07. The maximum Gasteiger partial charge on any atom is 0.265 e. The second-order valence-corrected chi connectivity index (χ2v) is 8.07. The van der Waals surface area contributed by atoms with Gasteiger partial charge in [0.25, 0.3) is 5.91 Å². The smallest absolute Gasteiger partial charge is 0.265 e. The highest BCUT2D eigenvalue weighted by Gasteiger charge is 2.11. The molecular weight excluding hydrogens is 406 g/mol. The lowest BCUT2D eigenvalue weighted by Crippen LogP contribution is -2.10. The number of hydrogen-bond donors (Lipinski definition) is 1. The number of methoxy groups -OCH3 is 1. The van der Waals surface area contributed by atoms with Crippen molar-refractivity contribution in [2.75, 3.05) is 12.4 Å². The van der Waals surface area contributed by atoms with Gasteiger partial charge in [-0.05, 0) is 59.3 Å². The van der Waals surface area contributed by atoms with Crippen LogP contribution in [0.25, 0.3) is 11.1 Å². The van der Waals surface area contributed by atoms with Crippen LogP contribution in [0.4, 0.5) is 5.69 Å². The molecule has 0 bridgehead atoms. The maximum absolute atomic E-state index is 12.6. The van der Waals surface area contributed by atoms with E-state index >= 15 is 0 Å². The van der Waals surface area contributed by atoms with E-state index in [4.69, 9.17) is 9.47 Å². The van der Waals surface area contributed by atoms with Gasteiger partial charge >= 0.3 is 0 Å². The molecule has 3 aromatic carbocycles. The van der Waals surface area contributed by atoms with E-state index in [2.05, 4.69) is 17.4 Å². The van der Waals surface area contributed by atoms with Crippen LogP contribution in [0.3, 0.4) is 0 Å². The quantitative estimate of drug-likeness (QED) is 0.362. The second-order valence-electron chi connectivity index (χ2n) is 7.16. The van der Waals surface area contributed by atoms with Crippen LogP contribution in [0.5, 0.6) is 11.5 Å². The Morgan fingerprint density at radius 3 is 2.39 bits per heavy atom. The van der Waals surface area contributed by atoms with Crippen LogP contribution in [-0.4, -0.2) is 13.0 Å². The molecule has 0 fully saturated rings. The summed E-state index contributed by atoms with van der Waals surface area (Å²) in [6.07, 6.45) is 0. The van der Waals surface area contributed by atoms with Crippen molar-refractivity contribution < 1.29 is 14.3 Å². The molecule has 0 aliphatic rings. The number of hydrogen-bond acceptors (Lipinski definition) is 4. The lowest BCUT2D eigenvalue weighted by atomic mass is 10.1. The summed E-state index contributed by atoms with van der Waals surface area (Å²) in [7, 11) is 1.63. The van der Waals surface area contributed by atoms with Crippen molar-refractivity contribution in [3.63, 3.8) is 0 Å². The van der Waals surface area contributed by atoms with Gasteiger partial charge in [0, 0.05) is 11.3 Å². The maximum atomic E-state index is 12.6. The highest BCUT2D eigenvalue weighted by atomic mass is 32.1. The Balaban J connectivity index is 1.37. The van der Waals surface area contributed by atoms with Gasteiger partial charge in [0.15, 0.2) is 11.5 Å². The van der Waals surface area contributed by atoms with Crippen LogP contribution in [-0.2, 0) is 6.61 Å². The van der Waals surface area contributed by atoms with Crippen molar-refractivity contribution in [2.45, 2.75) is 13.5 Å². The normalized spacial score (nSPS) is 10.5. The SMILES string of the molecule is COc1cc(C)ccc1OCc1csc(C(=O)Nc2ccc(-c3ccccc3)cc2)c1. The highest BCUT2D eigenvalue weighted by Crippen LogP contribution is 2.29. The average molecular weight is 430 g/mol. The summed E-state index contributed by atoms with van der Waals surface area (Å²) in [5.74, 6) is 1.26. The third-order valence-electron chi connectivity index (χ3n) is 4.84. The molecule has 4 rings (SSSR count). The summed E-state index contributed by atoms with van der Waals surface area (Å²) in [5, 5.41) is 4.90. The molecule has 1 aromatic heterocycles. The van der Waals surface area contributed by atoms with Crippen LogP contribution in [0, 0.1) is 6.92 Å². The third kappa shape index (κ3) is 5.13. The standard InChI is InChI=1S/C26H23NO3S/c1-18-8-13-23(24(14-18)29-2)30-16-19-15-25(31-17-19)26(28)27-22-11-9-21(10-12-22)20-6-4-3-5-7-20/h3-15,17H,16H2,1-2H3,(H,27,28). The van der Waals surface area contributed by atoms with E-state index in [0.29, 0.717) is 23.0 Å². The molecule has 0 saturated heterocycles. The summed E-state index contributed by atoms with van der Waals surface area (Å²) >= 11 is 1.40. The second kappa shape index (κ2) is 9.49.